The normalized spacial score (nSPS) is 12.6. The minimum absolute atomic E-state index is 0.401. The molecular formula is C13H23N3O. The van der Waals surface area contributed by atoms with Crippen molar-refractivity contribution in [2.24, 2.45) is 5.92 Å². The fraction of sp³-hybridized carbons (Fsp3) is 0.692. The first kappa shape index (κ1) is 13.7. The van der Waals surface area contributed by atoms with Gasteiger partial charge >= 0.3 is 0 Å². The van der Waals surface area contributed by atoms with Crippen LogP contribution in [0.15, 0.2) is 6.33 Å². The molecule has 4 heteroatoms. The molecule has 0 fully saturated rings. The molecule has 96 valence electrons. The van der Waals surface area contributed by atoms with Gasteiger partial charge < -0.3 is 10.1 Å². The Hall–Kier alpha value is -1.32. The number of hydrogen-bond acceptors (Lipinski definition) is 4. The van der Waals surface area contributed by atoms with Crippen LogP contribution in [0.3, 0.4) is 0 Å². The molecule has 0 aliphatic carbocycles. The van der Waals surface area contributed by atoms with Gasteiger partial charge in [-0.15, -0.1) is 0 Å². The summed E-state index contributed by atoms with van der Waals surface area (Å²) in [5.41, 5.74) is 0.977. The molecule has 17 heavy (non-hydrogen) atoms. The van der Waals surface area contributed by atoms with Crippen molar-refractivity contribution in [1.29, 1.82) is 0 Å². The van der Waals surface area contributed by atoms with E-state index in [0.717, 1.165) is 17.8 Å². The average molecular weight is 237 g/mol. The fourth-order valence-corrected chi connectivity index (χ4v) is 1.86. The molecule has 1 N–H and O–H groups in total. The van der Waals surface area contributed by atoms with Gasteiger partial charge in [0.25, 0.3) is 0 Å². The van der Waals surface area contributed by atoms with Gasteiger partial charge in [-0.1, -0.05) is 13.8 Å². The maximum Gasteiger partial charge on any atom is 0.221 e. The summed E-state index contributed by atoms with van der Waals surface area (Å²) >= 11 is 0. The molecule has 1 aromatic rings. The average Bonchev–Trinajstić information content (AvgIpc) is 2.23. The third-order valence-corrected chi connectivity index (χ3v) is 2.53. The van der Waals surface area contributed by atoms with Gasteiger partial charge in [0.1, 0.15) is 12.1 Å². The van der Waals surface area contributed by atoms with Gasteiger partial charge in [-0.25, -0.2) is 9.97 Å². The second kappa shape index (κ2) is 6.42. The summed E-state index contributed by atoms with van der Waals surface area (Å²) in [5.74, 6) is 2.21. The number of nitrogens with one attached hydrogen (secondary N) is 1. The van der Waals surface area contributed by atoms with Crippen LogP contribution >= 0.6 is 0 Å². The van der Waals surface area contributed by atoms with Gasteiger partial charge in [-0.3, -0.25) is 0 Å². The van der Waals surface area contributed by atoms with E-state index in [4.69, 9.17) is 4.74 Å². The molecule has 0 radical (unpaired) electrons. The van der Waals surface area contributed by atoms with Crippen molar-refractivity contribution in [1.82, 2.24) is 9.97 Å². The maximum atomic E-state index is 5.45. The molecule has 0 amide bonds. The van der Waals surface area contributed by atoms with Crippen molar-refractivity contribution in [2.45, 2.75) is 47.1 Å². The Balaban J connectivity index is 2.73. The van der Waals surface area contributed by atoms with E-state index in [1.165, 1.54) is 0 Å². The highest BCUT2D eigenvalue weighted by atomic mass is 16.5. The van der Waals surface area contributed by atoms with E-state index in [-0.39, 0.29) is 0 Å². The van der Waals surface area contributed by atoms with Gasteiger partial charge in [0.05, 0.1) is 12.2 Å². The maximum absolute atomic E-state index is 5.45. The lowest BCUT2D eigenvalue weighted by Gasteiger charge is -2.18. The van der Waals surface area contributed by atoms with Crippen LogP contribution in [-0.2, 0) is 0 Å². The Labute approximate surface area is 104 Å². The van der Waals surface area contributed by atoms with Crippen LogP contribution in [0.4, 0.5) is 5.82 Å². The van der Waals surface area contributed by atoms with Crippen LogP contribution in [0.25, 0.3) is 0 Å². The lowest BCUT2D eigenvalue weighted by Crippen LogP contribution is -2.19. The van der Waals surface area contributed by atoms with Crippen LogP contribution in [0.5, 0.6) is 5.88 Å². The lowest BCUT2D eigenvalue weighted by molar-refractivity contribution is 0.323. The van der Waals surface area contributed by atoms with Gasteiger partial charge in [-0.05, 0) is 33.1 Å². The molecular weight excluding hydrogens is 214 g/mol. The highest BCUT2D eigenvalue weighted by molar-refractivity contribution is 5.48. The van der Waals surface area contributed by atoms with E-state index in [1.54, 1.807) is 6.33 Å². The van der Waals surface area contributed by atoms with Crippen molar-refractivity contribution in [3.8, 4) is 5.88 Å². The molecule has 0 saturated carbocycles. The summed E-state index contributed by atoms with van der Waals surface area (Å²) in [5, 5.41) is 3.41. The minimum Gasteiger partial charge on any atom is -0.478 e. The van der Waals surface area contributed by atoms with Crippen LogP contribution in [-0.4, -0.2) is 22.6 Å². The first-order chi connectivity index (χ1) is 8.04. The van der Waals surface area contributed by atoms with Gasteiger partial charge in [0.15, 0.2) is 0 Å². The molecule has 0 aliphatic heterocycles. The highest BCUT2D eigenvalue weighted by Crippen LogP contribution is 2.21. The zero-order chi connectivity index (χ0) is 12.8. The first-order valence-electron chi connectivity index (χ1n) is 6.25. The number of hydrogen-bond donors (Lipinski definition) is 1. The topological polar surface area (TPSA) is 47.0 Å². The van der Waals surface area contributed by atoms with Gasteiger partial charge in [0.2, 0.25) is 5.88 Å². The van der Waals surface area contributed by atoms with Crippen molar-refractivity contribution >= 4 is 5.82 Å². The van der Waals surface area contributed by atoms with Crippen molar-refractivity contribution in [2.75, 3.05) is 11.9 Å². The first-order valence-corrected chi connectivity index (χ1v) is 6.25. The molecule has 0 saturated heterocycles. The molecule has 1 rings (SSSR count). The zero-order valence-electron chi connectivity index (χ0n) is 11.4. The minimum atomic E-state index is 0.401. The predicted octanol–water partition coefficient (Wildman–Crippen LogP) is 3.03. The molecule has 0 spiro atoms. The summed E-state index contributed by atoms with van der Waals surface area (Å²) in [7, 11) is 0. The lowest BCUT2D eigenvalue weighted by atomic mass is 10.1. The second-order valence-electron chi connectivity index (χ2n) is 4.76. The molecule has 0 bridgehead atoms. The Morgan fingerprint density at radius 2 is 2.00 bits per heavy atom. The summed E-state index contributed by atoms with van der Waals surface area (Å²) < 4.78 is 5.45. The van der Waals surface area contributed by atoms with Gasteiger partial charge in [-0.2, -0.15) is 0 Å². The summed E-state index contributed by atoms with van der Waals surface area (Å²) in [6, 6.07) is 0.401. The quantitative estimate of drug-likeness (QED) is 0.826. The Bertz CT molecular complexity index is 353. The Kier molecular flexibility index (Phi) is 5.19. The smallest absolute Gasteiger partial charge is 0.221 e. The molecule has 1 atom stereocenters. The molecule has 1 heterocycles. The Morgan fingerprint density at radius 1 is 1.29 bits per heavy atom. The largest absolute Gasteiger partial charge is 0.478 e. The fourth-order valence-electron chi connectivity index (χ4n) is 1.86. The van der Waals surface area contributed by atoms with Crippen molar-refractivity contribution < 1.29 is 4.74 Å². The molecule has 1 aromatic heterocycles. The third kappa shape index (κ3) is 4.21. The molecule has 0 aromatic carbocycles. The van der Waals surface area contributed by atoms with Crippen LogP contribution in [0.1, 0.15) is 39.7 Å². The van der Waals surface area contributed by atoms with E-state index in [1.807, 2.05) is 13.8 Å². The molecule has 0 aliphatic rings. The monoisotopic (exact) mass is 237 g/mol. The summed E-state index contributed by atoms with van der Waals surface area (Å²) in [6.45, 7) is 11.2. The summed E-state index contributed by atoms with van der Waals surface area (Å²) in [6.07, 6.45) is 2.66. The zero-order valence-corrected chi connectivity index (χ0v) is 11.4. The number of anilines is 1. The summed E-state index contributed by atoms with van der Waals surface area (Å²) in [4.78, 5) is 8.39. The van der Waals surface area contributed by atoms with Crippen LogP contribution < -0.4 is 10.1 Å². The van der Waals surface area contributed by atoms with Crippen molar-refractivity contribution in [3.63, 3.8) is 0 Å². The van der Waals surface area contributed by atoms with Crippen molar-refractivity contribution in [3.05, 3.63) is 11.9 Å². The van der Waals surface area contributed by atoms with E-state index in [2.05, 4.69) is 36.1 Å². The number of nitrogens with zero attached hydrogens (tertiary/aromatic N) is 2. The van der Waals surface area contributed by atoms with E-state index in [0.29, 0.717) is 24.4 Å². The van der Waals surface area contributed by atoms with E-state index in [9.17, 15) is 0 Å². The molecule has 1 unspecified atom stereocenters. The second-order valence-corrected chi connectivity index (χ2v) is 4.76. The number of ether oxygens (including phenoxy) is 1. The number of rotatable bonds is 6. The molecule has 4 nitrogen and oxygen atoms in total. The van der Waals surface area contributed by atoms with E-state index < -0.39 is 0 Å². The highest BCUT2D eigenvalue weighted by Gasteiger charge is 2.11. The predicted molar refractivity (Wildman–Crippen MR) is 70.5 cm³/mol. The standard InChI is InChI=1S/C13H23N3O/c1-6-17-13-11(5)12(14-8-15-13)16-10(4)7-9(2)3/h8-10H,6-7H2,1-5H3,(H,14,15,16). The van der Waals surface area contributed by atoms with E-state index >= 15 is 0 Å². The SMILES string of the molecule is CCOc1ncnc(NC(C)CC(C)C)c1C. The van der Waals surface area contributed by atoms with Crippen LogP contribution in [0.2, 0.25) is 0 Å². The van der Waals surface area contributed by atoms with Crippen LogP contribution in [0, 0.1) is 12.8 Å². The number of aromatic nitrogens is 2. The third-order valence-electron chi connectivity index (χ3n) is 2.53. The Morgan fingerprint density at radius 3 is 2.59 bits per heavy atom. The van der Waals surface area contributed by atoms with Gasteiger partial charge in [0, 0.05) is 6.04 Å².